The Morgan fingerprint density at radius 2 is 1.84 bits per heavy atom. The van der Waals surface area contributed by atoms with E-state index in [0.29, 0.717) is 0 Å². The molecule has 0 saturated carbocycles. The molecule has 0 heterocycles. The fourth-order valence-corrected chi connectivity index (χ4v) is 3.46. The second-order valence-corrected chi connectivity index (χ2v) is 7.47. The molecule has 0 aromatic heterocycles. The maximum absolute atomic E-state index is 12.4. The van der Waals surface area contributed by atoms with Crippen molar-refractivity contribution >= 4 is 27.3 Å². The fraction of sp³-hybridized carbons (Fsp3) is 0.294. The molecule has 2 rings (SSSR count). The van der Waals surface area contributed by atoms with Gasteiger partial charge in [0.15, 0.2) is 0 Å². The number of anilines is 1. The van der Waals surface area contributed by atoms with Crippen LogP contribution in [0.15, 0.2) is 47.4 Å². The van der Waals surface area contributed by atoms with E-state index in [1.165, 1.54) is 30.3 Å². The Hall–Kier alpha value is -1.86. The summed E-state index contributed by atoms with van der Waals surface area (Å²) in [4.78, 5) is 0.108. The van der Waals surface area contributed by atoms with Crippen LogP contribution in [0.25, 0.3) is 0 Å². The quantitative estimate of drug-likeness (QED) is 0.684. The topological polar surface area (TPSA) is 55.4 Å². The third kappa shape index (κ3) is 5.57. The van der Waals surface area contributed by atoms with E-state index in [1.54, 1.807) is 12.1 Å². The van der Waals surface area contributed by atoms with Crippen molar-refractivity contribution in [1.82, 2.24) is 0 Å². The first-order valence-electron chi connectivity index (χ1n) is 7.68. The molecule has 0 aliphatic carbocycles. The van der Waals surface area contributed by atoms with Crippen molar-refractivity contribution in [3.8, 4) is 5.75 Å². The molecule has 0 atom stereocenters. The lowest BCUT2D eigenvalue weighted by atomic mass is 10.1. The molecule has 1 N–H and O–H groups in total. The first kappa shape index (κ1) is 19.5. The maximum atomic E-state index is 12.4. The van der Waals surface area contributed by atoms with Crippen molar-refractivity contribution in [1.29, 1.82) is 0 Å². The van der Waals surface area contributed by atoms with E-state index in [2.05, 4.69) is 16.4 Å². The summed E-state index contributed by atoms with van der Waals surface area (Å²) in [6.07, 6.45) is 3.00. The van der Waals surface area contributed by atoms with Crippen LogP contribution in [0.1, 0.15) is 25.3 Å². The highest BCUT2D eigenvalue weighted by Gasteiger charge is 2.16. The molecule has 0 bridgehead atoms. The standard InChI is InChI=1S/C17H18ClF2NO3S/c1-2-3-4-12-5-8-14(9-6-12)25(22,23)21-13-7-10-16(15(18)11-13)24-17(19)20/h5-11,17,21H,2-4H2,1H3. The smallest absolute Gasteiger partial charge is 0.387 e. The van der Waals surface area contributed by atoms with Gasteiger partial charge in [-0.3, -0.25) is 4.72 Å². The first-order chi connectivity index (χ1) is 11.8. The summed E-state index contributed by atoms with van der Waals surface area (Å²) < 4.78 is 55.8. The molecule has 0 fully saturated rings. The number of benzene rings is 2. The molecule has 4 nitrogen and oxygen atoms in total. The van der Waals surface area contributed by atoms with Crippen LogP contribution < -0.4 is 9.46 Å². The summed E-state index contributed by atoms with van der Waals surface area (Å²) in [5.74, 6) is -0.222. The highest BCUT2D eigenvalue weighted by atomic mass is 35.5. The van der Waals surface area contributed by atoms with Gasteiger partial charge < -0.3 is 4.74 Å². The van der Waals surface area contributed by atoms with Gasteiger partial charge in [0.05, 0.1) is 15.6 Å². The van der Waals surface area contributed by atoms with Crippen LogP contribution in [0.3, 0.4) is 0 Å². The third-order valence-corrected chi connectivity index (χ3v) is 5.15. The minimum Gasteiger partial charge on any atom is -0.433 e. The number of ether oxygens (including phenoxy) is 1. The predicted octanol–water partition coefficient (Wildman–Crippen LogP) is 5.08. The monoisotopic (exact) mass is 389 g/mol. The summed E-state index contributed by atoms with van der Waals surface area (Å²) >= 11 is 5.82. The normalized spacial score (nSPS) is 11.6. The second kappa shape index (κ2) is 8.49. The highest BCUT2D eigenvalue weighted by Crippen LogP contribution is 2.30. The summed E-state index contributed by atoms with van der Waals surface area (Å²) in [6.45, 7) is -0.919. The van der Waals surface area contributed by atoms with Crippen molar-refractivity contribution in [3.63, 3.8) is 0 Å². The SMILES string of the molecule is CCCCc1ccc(S(=O)(=O)Nc2ccc(OC(F)F)c(Cl)c2)cc1. The van der Waals surface area contributed by atoms with Gasteiger partial charge in [0.2, 0.25) is 0 Å². The molecule has 0 radical (unpaired) electrons. The summed E-state index contributed by atoms with van der Waals surface area (Å²) in [5, 5.41) is -0.115. The van der Waals surface area contributed by atoms with Crippen LogP contribution in [-0.2, 0) is 16.4 Å². The number of nitrogens with one attached hydrogen (secondary N) is 1. The van der Waals surface area contributed by atoms with Crippen molar-refractivity contribution < 1.29 is 21.9 Å². The van der Waals surface area contributed by atoms with E-state index in [9.17, 15) is 17.2 Å². The van der Waals surface area contributed by atoms with E-state index in [-0.39, 0.29) is 21.4 Å². The van der Waals surface area contributed by atoms with Crippen molar-refractivity contribution in [2.24, 2.45) is 0 Å². The molecule has 0 saturated heterocycles. The number of hydrogen-bond acceptors (Lipinski definition) is 3. The van der Waals surface area contributed by atoms with Crippen LogP contribution in [-0.4, -0.2) is 15.0 Å². The Balaban J connectivity index is 2.14. The zero-order valence-electron chi connectivity index (χ0n) is 13.5. The average molecular weight is 390 g/mol. The fourth-order valence-electron chi connectivity index (χ4n) is 2.19. The molecule has 0 unspecified atom stereocenters. The van der Waals surface area contributed by atoms with Gasteiger partial charge in [-0.05, 0) is 48.7 Å². The van der Waals surface area contributed by atoms with Gasteiger partial charge in [0, 0.05) is 0 Å². The Morgan fingerprint density at radius 3 is 2.40 bits per heavy atom. The Kier molecular flexibility index (Phi) is 6.61. The second-order valence-electron chi connectivity index (χ2n) is 5.38. The number of halogens is 3. The molecule has 136 valence electrons. The third-order valence-electron chi connectivity index (χ3n) is 3.45. The van der Waals surface area contributed by atoms with Crippen LogP contribution in [0.4, 0.5) is 14.5 Å². The Bertz CT molecular complexity index is 811. The lowest BCUT2D eigenvalue weighted by Gasteiger charge is -2.11. The van der Waals surface area contributed by atoms with Crippen LogP contribution in [0, 0.1) is 0 Å². The Labute approximate surface area is 150 Å². The van der Waals surface area contributed by atoms with Gasteiger partial charge in [0.25, 0.3) is 10.0 Å². The molecule has 8 heteroatoms. The highest BCUT2D eigenvalue weighted by molar-refractivity contribution is 7.92. The summed E-state index contributed by atoms with van der Waals surface area (Å²) in [5.41, 5.74) is 1.22. The zero-order valence-corrected chi connectivity index (χ0v) is 15.1. The van der Waals surface area contributed by atoms with Gasteiger partial charge in [-0.1, -0.05) is 37.1 Å². The number of aryl methyl sites for hydroxylation is 1. The minimum atomic E-state index is -3.80. The van der Waals surface area contributed by atoms with Crippen molar-refractivity contribution in [3.05, 3.63) is 53.1 Å². The molecule has 2 aromatic carbocycles. The molecule has 25 heavy (non-hydrogen) atoms. The summed E-state index contributed by atoms with van der Waals surface area (Å²) in [7, 11) is -3.80. The number of unbranched alkanes of at least 4 members (excludes halogenated alkanes) is 1. The summed E-state index contributed by atoms with van der Waals surface area (Å²) in [6, 6.07) is 10.3. The van der Waals surface area contributed by atoms with E-state index >= 15 is 0 Å². The van der Waals surface area contributed by atoms with E-state index in [0.717, 1.165) is 24.8 Å². The van der Waals surface area contributed by atoms with E-state index in [1.807, 2.05) is 0 Å². The molecule has 0 spiro atoms. The lowest BCUT2D eigenvalue weighted by Crippen LogP contribution is -2.13. The largest absolute Gasteiger partial charge is 0.433 e. The molecular weight excluding hydrogens is 372 g/mol. The van der Waals surface area contributed by atoms with Crippen LogP contribution >= 0.6 is 11.6 Å². The average Bonchev–Trinajstić information content (AvgIpc) is 2.55. The molecule has 0 amide bonds. The zero-order chi connectivity index (χ0) is 18.4. The molecular formula is C17H18ClF2NO3S. The molecule has 0 aliphatic heterocycles. The van der Waals surface area contributed by atoms with Crippen molar-refractivity contribution in [2.75, 3.05) is 4.72 Å². The van der Waals surface area contributed by atoms with Gasteiger partial charge in [-0.2, -0.15) is 8.78 Å². The predicted molar refractivity (Wildman–Crippen MR) is 93.9 cm³/mol. The van der Waals surface area contributed by atoms with Crippen LogP contribution in [0.5, 0.6) is 5.75 Å². The minimum absolute atomic E-state index is 0.108. The Morgan fingerprint density at radius 1 is 1.16 bits per heavy atom. The van der Waals surface area contributed by atoms with E-state index in [4.69, 9.17) is 11.6 Å². The molecule has 0 aliphatic rings. The lowest BCUT2D eigenvalue weighted by molar-refractivity contribution is -0.0497. The van der Waals surface area contributed by atoms with Crippen molar-refractivity contribution in [2.45, 2.75) is 37.7 Å². The number of sulfonamides is 1. The maximum Gasteiger partial charge on any atom is 0.387 e. The van der Waals surface area contributed by atoms with Gasteiger partial charge in [-0.15, -0.1) is 0 Å². The molecule has 2 aromatic rings. The van der Waals surface area contributed by atoms with Crippen LogP contribution in [0.2, 0.25) is 5.02 Å². The number of rotatable bonds is 8. The van der Waals surface area contributed by atoms with Gasteiger partial charge in [-0.25, -0.2) is 8.42 Å². The van der Waals surface area contributed by atoms with E-state index < -0.39 is 16.6 Å². The first-order valence-corrected chi connectivity index (χ1v) is 9.54. The van der Waals surface area contributed by atoms with Gasteiger partial charge >= 0.3 is 6.61 Å². The number of hydrogen-bond donors (Lipinski definition) is 1. The van der Waals surface area contributed by atoms with Gasteiger partial charge in [0.1, 0.15) is 5.75 Å². The number of alkyl halides is 2.